The summed E-state index contributed by atoms with van der Waals surface area (Å²) in [6, 6.07) is 8.38. The number of aryl methyl sites for hydroxylation is 1. The van der Waals surface area contributed by atoms with Gasteiger partial charge in [0.25, 0.3) is 0 Å². The molecular weight excluding hydrogens is 236 g/mol. The third kappa shape index (κ3) is 4.35. The quantitative estimate of drug-likeness (QED) is 0.828. The van der Waals surface area contributed by atoms with Crippen LogP contribution in [0.1, 0.15) is 44.4 Å². The molecule has 0 aliphatic carbocycles. The molecule has 3 nitrogen and oxygen atoms in total. The van der Waals surface area contributed by atoms with Crippen LogP contribution < -0.4 is 11.1 Å². The number of carbonyl (C=O) groups excluding carboxylic acids is 1. The van der Waals surface area contributed by atoms with E-state index >= 15 is 0 Å². The highest BCUT2D eigenvalue weighted by atomic mass is 16.2. The monoisotopic (exact) mass is 262 g/mol. The van der Waals surface area contributed by atoms with Gasteiger partial charge in [0.05, 0.1) is 12.0 Å². The van der Waals surface area contributed by atoms with Crippen LogP contribution in [0.2, 0.25) is 0 Å². The molecule has 2 unspecified atom stereocenters. The molecule has 1 aromatic carbocycles. The zero-order valence-corrected chi connectivity index (χ0v) is 12.4. The van der Waals surface area contributed by atoms with Crippen LogP contribution in [0, 0.1) is 18.8 Å². The molecule has 1 amide bonds. The van der Waals surface area contributed by atoms with Gasteiger partial charge < -0.3 is 11.1 Å². The van der Waals surface area contributed by atoms with Crippen molar-refractivity contribution in [3.8, 4) is 0 Å². The zero-order valence-electron chi connectivity index (χ0n) is 12.4. The standard InChI is InChI=1S/C16H26N2O/c1-5-15(13-8-6-12(4)7-9-13)18-16(19)14(10-17)11(2)3/h6-9,11,14-15H,5,10,17H2,1-4H3,(H,18,19). The fraction of sp³-hybridized carbons (Fsp3) is 0.562. The summed E-state index contributed by atoms with van der Waals surface area (Å²) in [5, 5.41) is 3.12. The lowest BCUT2D eigenvalue weighted by atomic mass is 9.94. The minimum atomic E-state index is -0.112. The van der Waals surface area contributed by atoms with Gasteiger partial charge in [-0.1, -0.05) is 50.6 Å². The highest BCUT2D eigenvalue weighted by Gasteiger charge is 2.23. The summed E-state index contributed by atoms with van der Waals surface area (Å²) < 4.78 is 0. The smallest absolute Gasteiger partial charge is 0.225 e. The van der Waals surface area contributed by atoms with Crippen molar-refractivity contribution in [3.05, 3.63) is 35.4 Å². The van der Waals surface area contributed by atoms with Gasteiger partial charge in [0.2, 0.25) is 5.91 Å². The van der Waals surface area contributed by atoms with Crippen LogP contribution in [0.5, 0.6) is 0 Å². The van der Waals surface area contributed by atoms with E-state index in [-0.39, 0.29) is 23.8 Å². The maximum absolute atomic E-state index is 12.2. The largest absolute Gasteiger partial charge is 0.349 e. The van der Waals surface area contributed by atoms with Crippen molar-refractivity contribution in [3.63, 3.8) is 0 Å². The molecular formula is C16H26N2O. The summed E-state index contributed by atoms with van der Waals surface area (Å²) in [5.41, 5.74) is 8.07. The second-order valence-electron chi connectivity index (χ2n) is 5.47. The van der Waals surface area contributed by atoms with Gasteiger partial charge in [-0.25, -0.2) is 0 Å². The predicted molar refractivity (Wildman–Crippen MR) is 79.7 cm³/mol. The van der Waals surface area contributed by atoms with Gasteiger partial charge >= 0.3 is 0 Å². The van der Waals surface area contributed by atoms with Gasteiger partial charge in [-0.05, 0) is 24.8 Å². The van der Waals surface area contributed by atoms with Gasteiger partial charge in [-0.3, -0.25) is 4.79 Å². The fourth-order valence-corrected chi connectivity index (χ4v) is 2.18. The lowest BCUT2D eigenvalue weighted by molar-refractivity contribution is -0.126. The Kier molecular flexibility index (Phi) is 6.03. The van der Waals surface area contributed by atoms with Crippen LogP contribution in [-0.2, 0) is 4.79 Å². The maximum Gasteiger partial charge on any atom is 0.225 e. The molecule has 19 heavy (non-hydrogen) atoms. The number of amides is 1. The molecule has 1 rings (SSSR count). The highest BCUT2D eigenvalue weighted by Crippen LogP contribution is 2.19. The molecule has 106 valence electrons. The minimum absolute atomic E-state index is 0.0601. The Morgan fingerprint density at radius 2 is 1.84 bits per heavy atom. The van der Waals surface area contributed by atoms with E-state index in [1.807, 2.05) is 13.8 Å². The number of benzene rings is 1. The molecule has 0 aromatic heterocycles. The van der Waals surface area contributed by atoms with E-state index in [2.05, 4.69) is 43.4 Å². The maximum atomic E-state index is 12.2. The number of hydrogen-bond acceptors (Lipinski definition) is 2. The molecule has 0 saturated carbocycles. The lowest BCUT2D eigenvalue weighted by Crippen LogP contribution is -2.39. The van der Waals surface area contributed by atoms with Crippen LogP contribution in [-0.4, -0.2) is 12.5 Å². The average molecular weight is 262 g/mol. The number of carbonyl (C=O) groups is 1. The van der Waals surface area contributed by atoms with E-state index in [4.69, 9.17) is 5.73 Å². The van der Waals surface area contributed by atoms with Crippen molar-refractivity contribution in [2.24, 2.45) is 17.6 Å². The molecule has 1 aromatic rings. The molecule has 0 fully saturated rings. The van der Waals surface area contributed by atoms with Crippen LogP contribution >= 0.6 is 0 Å². The third-order valence-corrected chi connectivity index (χ3v) is 3.60. The molecule has 3 heteroatoms. The Labute approximate surface area is 116 Å². The number of rotatable bonds is 6. The molecule has 0 spiro atoms. The summed E-state index contributed by atoms with van der Waals surface area (Å²) in [5.74, 6) is 0.213. The predicted octanol–water partition coefficient (Wildman–Crippen LogP) is 2.79. The first kappa shape index (κ1) is 15.7. The third-order valence-electron chi connectivity index (χ3n) is 3.60. The summed E-state index contributed by atoms with van der Waals surface area (Å²) in [6.45, 7) is 8.60. The highest BCUT2D eigenvalue weighted by molar-refractivity contribution is 5.79. The minimum Gasteiger partial charge on any atom is -0.349 e. The van der Waals surface area contributed by atoms with Crippen LogP contribution in [0.25, 0.3) is 0 Å². The molecule has 0 aliphatic heterocycles. The van der Waals surface area contributed by atoms with E-state index in [0.717, 1.165) is 12.0 Å². The van der Waals surface area contributed by atoms with E-state index in [0.29, 0.717) is 6.54 Å². The molecule has 0 aliphatic rings. The SMILES string of the molecule is CCC(NC(=O)C(CN)C(C)C)c1ccc(C)cc1. The van der Waals surface area contributed by atoms with Crippen molar-refractivity contribution < 1.29 is 4.79 Å². The summed E-state index contributed by atoms with van der Waals surface area (Å²) in [4.78, 5) is 12.2. The lowest BCUT2D eigenvalue weighted by Gasteiger charge is -2.23. The zero-order chi connectivity index (χ0) is 14.4. The van der Waals surface area contributed by atoms with Gasteiger partial charge in [-0.2, -0.15) is 0 Å². The van der Waals surface area contributed by atoms with Gasteiger partial charge in [-0.15, -0.1) is 0 Å². The topological polar surface area (TPSA) is 55.1 Å². The van der Waals surface area contributed by atoms with Crippen molar-refractivity contribution in [2.45, 2.75) is 40.2 Å². The summed E-state index contributed by atoms with van der Waals surface area (Å²) >= 11 is 0. The van der Waals surface area contributed by atoms with E-state index < -0.39 is 0 Å². The summed E-state index contributed by atoms with van der Waals surface area (Å²) in [6.07, 6.45) is 0.879. The number of nitrogens with two attached hydrogens (primary N) is 1. The first-order valence-corrected chi connectivity index (χ1v) is 7.06. The van der Waals surface area contributed by atoms with Crippen molar-refractivity contribution in [2.75, 3.05) is 6.54 Å². The molecule has 0 saturated heterocycles. The van der Waals surface area contributed by atoms with E-state index in [1.54, 1.807) is 0 Å². The molecule has 0 heterocycles. The second-order valence-corrected chi connectivity index (χ2v) is 5.47. The first-order chi connectivity index (χ1) is 8.99. The second kappa shape index (κ2) is 7.29. The Hall–Kier alpha value is -1.35. The molecule has 2 atom stereocenters. The fourth-order valence-electron chi connectivity index (χ4n) is 2.18. The van der Waals surface area contributed by atoms with Gasteiger partial charge in [0.15, 0.2) is 0 Å². The van der Waals surface area contributed by atoms with Gasteiger partial charge in [0.1, 0.15) is 0 Å². The van der Waals surface area contributed by atoms with E-state index in [1.165, 1.54) is 5.56 Å². The van der Waals surface area contributed by atoms with Crippen LogP contribution in [0.15, 0.2) is 24.3 Å². The average Bonchev–Trinajstić information content (AvgIpc) is 2.37. The van der Waals surface area contributed by atoms with E-state index in [9.17, 15) is 4.79 Å². The molecule has 3 N–H and O–H groups in total. The number of nitrogens with one attached hydrogen (secondary N) is 1. The Bertz CT molecular complexity index is 398. The van der Waals surface area contributed by atoms with Crippen LogP contribution in [0.4, 0.5) is 0 Å². The van der Waals surface area contributed by atoms with Crippen molar-refractivity contribution in [1.82, 2.24) is 5.32 Å². The Balaban J connectivity index is 2.76. The Morgan fingerprint density at radius 1 is 1.26 bits per heavy atom. The number of hydrogen-bond donors (Lipinski definition) is 2. The Morgan fingerprint density at radius 3 is 2.26 bits per heavy atom. The molecule has 0 bridgehead atoms. The molecule has 0 radical (unpaired) electrons. The normalized spacial score (nSPS) is 14.2. The van der Waals surface area contributed by atoms with Crippen LogP contribution in [0.3, 0.4) is 0 Å². The van der Waals surface area contributed by atoms with Crippen molar-refractivity contribution >= 4 is 5.91 Å². The summed E-state index contributed by atoms with van der Waals surface area (Å²) in [7, 11) is 0. The first-order valence-electron chi connectivity index (χ1n) is 7.06. The van der Waals surface area contributed by atoms with Crippen molar-refractivity contribution in [1.29, 1.82) is 0 Å². The van der Waals surface area contributed by atoms with Gasteiger partial charge in [0, 0.05) is 6.54 Å².